The Bertz CT molecular complexity index is 841. The summed E-state index contributed by atoms with van der Waals surface area (Å²) in [5, 5.41) is 5.04. The molecule has 3 aromatic rings. The number of hydrogen-bond donors (Lipinski definition) is 2. The Hall–Kier alpha value is -1.55. The summed E-state index contributed by atoms with van der Waals surface area (Å²) >= 11 is 11.9. The molecule has 1 fully saturated rings. The first-order chi connectivity index (χ1) is 11.7. The Morgan fingerprint density at radius 1 is 1.08 bits per heavy atom. The highest BCUT2D eigenvalue weighted by molar-refractivity contribution is 6.31. The van der Waals surface area contributed by atoms with E-state index < -0.39 is 0 Å². The Kier molecular flexibility index (Phi) is 4.49. The van der Waals surface area contributed by atoms with Gasteiger partial charge >= 0.3 is 0 Å². The number of imidazole rings is 1. The van der Waals surface area contributed by atoms with Crippen LogP contribution in [0.3, 0.4) is 0 Å². The lowest BCUT2D eigenvalue weighted by Crippen LogP contribution is -2.15. The van der Waals surface area contributed by atoms with Gasteiger partial charge in [0.1, 0.15) is 5.82 Å². The fourth-order valence-corrected chi connectivity index (χ4v) is 3.50. The highest BCUT2D eigenvalue weighted by atomic mass is 35.5. The Labute approximate surface area is 151 Å². The van der Waals surface area contributed by atoms with E-state index in [1.165, 1.54) is 18.4 Å². The van der Waals surface area contributed by atoms with Crippen LogP contribution in [0.5, 0.6) is 0 Å². The first kappa shape index (κ1) is 15.9. The highest BCUT2D eigenvalue weighted by Gasteiger charge is 2.39. The molecule has 3 nitrogen and oxygen atoms in total. The van der Waals surface area contributed by atoms with Crippen LogP contribution in [0.1, 0.15) is 30.1 Å². The number of rotatable bonds is 6. The van der Waals surface area contributed by atoms with E-state index in [-0.39, 0.29) is 0 Å². The first-order valence-electron chi connectivity index (χ1n) is 8.29. The van der Waals surface area contributed by atoms with Gasteiger partial charge in [-0.25, -0.2) is 4.98 Å². The lowest BCUT2D eigenvalue weighted by atomic mass is 10.2. The van der Waals surface area contributed by atoms with Crippen LogP contribution in [0.4, 0.5) is 0 Å². The lowest BCUT2D eigenvalue weighted by Gasteiger charge is -2.04. The van der Waals surface area contributed by atoms with Gasteiger partial charge in [-0.2, -0.15) is 0 Å². The molecule has 2 atom stereocenters. The lowest BCUT2D eigenvalue weighted by molar-refractivity contribution is 0.601. The molecule has 2 aromatic carbocycles. The molecule has 1 aliphatic rings. The molecule has 5 heteroatoms. The number of benzene rings is 2. The van der Waals surface area contributed by atoms with E-state index in [4.69, 9.17) is 28.2 Å². The molecule has 0 bridgehead atoms. The Morgan fingerprint density at radius 3 is 2.71 bits per heavy atom. The minimum atomic E-state index is 0.563. The summed E-state index contributed by atoms with van der Waals surface area (Å²) in [5.74, 6) is 2.39. The minimum Gasteiger partial charge on any atom is -0.342 e. The maximum absolute atomic E-state index is 6.03. The van der Waals surface area contributed by atoms with Gasteiger partial charge in [0.25, 0.3) is 0 Å². The van der Waals surface area contributed by atoms with Crippen molar-refractivity contribution in [2.75, 3.05) is 6.54 Å². The van der Waals surface area contributed by atoms with Crippen molar-refractivity contribution in [1.29, 1.82) is 0 Å². The largest absolute Gasteiger partial charge is 0.342 e. The number of aromatic amines is 1. The van der Waals surface area contributed by atoms with Gasteiger partial charge in [-0.3, -0.25) is 0 Å². The highest BCUT2D eigenvalue weighted by Crippen LogP contribution is 2.48. The van der Waals surface area contributed by atoms with Crippen molar-refractivity contribution in [2.45, 2.75) is 25.3 Å². The van der Waals surface area contributed by atoms with E-state index in [1.54, 1.807) is 0 Å². The average Bonchev–Trinajstić information content (AvgIpc) is 3.23. The molecule has 0 aliphatic heterocycles. The van der Waals surface area contributed by atoms with E-state index >= 15 is 0 Å². The van der Waals surface area contributed by atoms with E-state index in [2.05, 4.69) is 22.4 Å². The fraction of sp³-hybridized carbons (Fsp3) is 0.316. The van der Waals surface area contributed by atoms with Crippen molar-refractivity contribution in [3.05, 3.63) is 63.9 Å². The van der Waals surface area contributed by atoms with Crippen LogP contribution < -0.4 is 5.32 Å². The molecule has 4 rings (SSSR count). The summed E-state index contributed by atoms with van der Waals surface area (Å²) in [5.41, 5.74) is 3.30. The van der Waals surface area contributed by atoms with Crippen LogP contribution in [0.2, 0.25) is 10.0 Å². The van der Waals surface area contributed by atoms with E-state index in [0.717, 1.165) is 45.9 Å². The van der Waals surface area contributed by atoms with Gasteiger partial charge in [0.15, 0.2) is 0 Å². The Balaban J connectivity index is 1.26. The summed E-state index contributed by atoms with van der Waals surface area (Å²) in [6, 6.07) is 13.8. The molecule has 2 N–H and O–H groups in total. The smallest absolute Gasteiger partial charge is 0.110 e. The predicted octanol–water partition coefficient (Wildman–Crippen LogP) is 5.15. The summed E-state index contributed by atoms with van der Waals surface area (Å²) in [7, 11) is 0. The normalized spacial score (nSPS) is 19.8. The number of fused-ring (bicyclic) bond motifs is 1. The van der Waals surface area contributed by atoms with Gasteiger partial charge in [-0.05, 0) is 61.2 Å². The van der Waals surface area contributed by atoms with Crippen LogP contribution >= 0.6 is 23.2 Å². The van der Waals surface area contributed by atoms with Crippen molar-refractivity contribution >= 4 is 34.2 Å². The molecule has 0 spiro atoms. The first-order valence-corrected chi connectivity index (χ1v) is 9.05. The van der Waals surface area contributed by atoms with Gasteiger partial charge < -0.3 is 10.3 Å². The van der Waals surface area contributed by atoms with Crippen molar-refractivity contribution in [3.8, 4) is 0 Å². The topological polar surface area (TPSA) is 40.7 Å². The third kappa shape index (κ3) is 3.59. The third-order valence-corrected chi connectivity index (χ3v) is 5.16. The number of nitrogens with one attached hydrogen (secondary N) is 2. The maximum Gasteiger partial charge on any atom is 0.110 e. The van der Waals surface area contributed by atoms with Gasteiger partial charge in [0.05, 0.1) is 11.0 Å². The molecule has 1 aliphatic carbocycles. The van der Waals surface area contributed by atoms with Crippen molar-refractivity contribution in [3.63, 3.8) is 0 Å². The Morgan fingerprint density at radius 2 is 1.88 bits per heavy atom. The molecule has 24 heavy (non-hydrogen) atoms. The van der Waals surface area contributed by atoms with Gasteiger partial charge in [0.2, 0.25) is 0 Å². The maximum atomic E-state index is 6.03. The second kappa shape index (κ2) is 6.75. The monoisotopic (exact) mass is 359 g/mol. The fourth-order valence-electron chi connectivity index (χ4n) is 3.20. The molecule has 1 saturated carbocycles. The molecular formula is C19H19Cl2N3. The quantitative estimate of drug-likeness (QED) is 0.597. The van der Waals surface area contributed by atoms with Crippen molar-refractivity contribution in [1.82, 2.24) is 15.3 Å². The van der Waals surface area contributed by atoms with Crippen LogP contribution in [0.15, 0.2) is 42.5 Å². The van der Waals surface area contributed by atoms with Crippen LogP contribution in [-0.4, -0.2) is 16.5 Å². The summed E-state index contributed by atoms with van der Waals surface area (Å²) in [6.07, 6.45) is 2.40. The second-order valence-electron chi connectivity index (χ2n) is 6.48. The predicted molar refractivity (Wildman–Crippen MR) is 99.7 cm³/mol. The minimum absolute atomic E-state index is 0.563. The van der Waals surface area contributed by atoms with E-state index in [9.17, 15) is 0 Å². The number of aromatic nitrogens is 2. The zero-order chi connectivity index (χ0) is 16.5. The zero-order valence-corrected chi connectivity index (χ0v) is 14.7. The zero-order valence-electron chi connectivity index (χ0n) is 13.2. The molecule has 0 amide bonds. The molecule has 1 heterocycles. The van der Waals surface area contributed by atoms with Gasteiger partial charge in [0, 0.05) is 22.5 Å². The summed E-state index contributed by atoms with van der Waals surface area (Å²) in [6.45, 7) is 1.91. The summed E-state index contributed by atoms with van der Waals surface area (Å²) < 4.78 is 0. The SMILES string of the molecule is Clc1ccc(CNCC[C@@H]2C[C@H]2c2nc3ccc(Cl)cc3[nH]2)cc1. The molecular weight excluding hydrogens is 341 g/mol. The van der Waals surface area contributed by atoms with Gasteiger partial charge in [-0.1, -0.05) is 35.3 Å². The average molecular weight is 360 g/mol. The second-order valence-corrected chi connectivity index (χ2v) is 7.35. The van der Waals surface area contributed by atoms with Crippen LogP contribution in [0, 0.1) is 5.92 Å². The molecule has 0 saturated heterocycles. The summed E-state index contributed by atoms with van der Waals surface area (Å²) in [4.78, 5) is 8.12. The molecule has 124 valence electrons. The van der Waals surface area contributed by atoms with E-state index in [1.807, 2.05) is 30.3 Å². The number of halogens is 2. The van der Waals surface area contributed by atoms with Crippen molar-refractivity contribution in [2.24, 2.45) is 5.92 Å². The molecule has 1 aromatic heterocycles. The van der Waals surface area contributed by atoms with Crippen LogP contribution in [-0.2, 0) is 6.54 Å². The van der Waals surface area contributed by atoms with E-state index in [0.29, 0.717) is 5.92 Å². The number of H-pyrrole nitrogens is 1. The van der Waals surface area contributed by atoms with Gasteiger partial charge in [-0.15, -0.1) is 0 Å². The van der Waals surface area contributed by atoms with Crippen LogP contribution in [0.25, 0.3) is 11.0 Å². The van der Waals surface area contributed by atoms with Crippen molar-refractivity contribution < 1.29 is 0 Å². The number of hydrogen-bond acceptors (Lipinski definition) is 2. The third-order valence-electron chi connectivity index (χ3n) is 4.67. The molecule has 0 unspecified atom stereocenters. The number of nitrogens with zero attached hydrogens (tertiary/aromatic N) is 1. The standard InChI is InChI=1S/C19H19Cl2N3/c20-14-3-1-12(2-4-14)11-22-8-7-13-9-16(13)19-23-17-6-5-15(21)10-18(17)24-19/h1-6,10,13,16,22H,7-9,11H2,(H,23,24)/t13-,16-/m1/s1. The molecule has 0 radical (unpaired) electrons.